The predicted octanol–water partition coefficient (Wildman–Crippen LogP) is 1.82. The molecule has 0 aliphatic carbocycles. The average Bonchev–Trinajstić information content (AvgIpc) is 2.15. The van der Waals surface area contributed by atoms with Gasteiger partial charge in [0.2, 0.25) is 0 Å². The summed E-state index contributed by atoms with van der Waals surface area (Å²) in [7, 11) is 0. The molecule has 0 aromatic rings. The third kappa shape index (κ3) is 6.71. The number of hydrogen-bond donors (Lipinski definition) is 2. The van der Waals surface area contributed by atoms with Crippen molar-refractivity contribution in [3.63, 3.8) is 0 Å². The fraction of sp³-hybridized carbons (Fsp3) is 0.900. The van der Waals surface area contributed by atoms with Gasteiger partial charge in [-0.3, -0.25) is 0 Å². The van der Waals surface area contributed by atoms with Gasteiger partial charge in [-0.1, -0.05) is 25.9 Å². The third-order valence-corrected chi connectivity index (χ3v) is 2.06. The topological polar surface area (TPSA) is 67.8 Å². The lowest BCUT2D eigenvalue weighted by atomic mass is 10.1. The van der Waals surface area contributed by atoms with Crippen LogP contribution in [0.5, 0.6) is 0 Å². The zero-order chi connectivity index (χ0) is 11.0. The molecule has 1 unspecified atom stereocenters. The van der Waals surface area contributed by atoms with Gasteiger partial charge in [0.15, 0.2) is 0 Å². The predicted molar refractivity (Wildman–Crippen MR) is 57.5 cm³/mol. The minimum absolute atomic E-state index is 0.0148. The zero-order valence-electron chi connectivity index (χ0n) is 9.36. The monoisotopic (exact) mass is 202 g/mol. The van der Waals surface area contributed by atoms with Crippen molar-refractivity contribution in [2.45, 2.75) is 33.6 Å². The number of rotatable bonds is 7. The van der Waals surface area contributed by atoms with Crippen LogP contribution in [0.2, 0.25) is 0 Å². The molecule has 0 spiro atoms. The van der Waals surface area contributed by atoms with Crippen LogP contribution in [0.15, 0.2) is 5.16 Å². The van der Waals surface area contributed by atoms with E-state index in [1.807, 2.05) is 6.92 Å². The van der Waals surface area contributed by atoms with Gasteiger partial charge in [0.25, 0.3) is 0 Å². The second-order valence-corrected chi connectivity index (χ2v) is 4.04. The quantitative estimate of drug-likeness (QED) is 0.217. The van der Waals surface area contributed by atoms with Crippen LogP contribution in [0, 0.1) is 11.8 Å². The minimum atomic E-state index is -0.0148. The maximum absolute atomic E-state index is 8.39. The molecule has 1 atom stereocenters. The van der Waals surface area contributed by atoms with Crippen molar-refractivity contribution in [2.75, 3.05) is 13.2 Å². The van der Waals surface area contributed by atoms with Crippen LogP contribution in [0.3, 0.4) is 0 Å². The summed E-state index contributed by atoms with van der Waals surface area (Å²) in [6.45, 7) is 7.53. The van der Waals surface area contributed by atoms with Gasteiger partial charge in [0.1, 0.15) is 5.84 Å². The summed E-state index contributed by atoms with van der Waals surface area (Å²) in [6.07, 6.45) is 2.25. The molecule has 4 heteroatoms. The highest BCUT2D eigenvalue weighted by atomic mass is 16.5. The summed E-state index contributed by atoms with van der Waals surface area (Å²) in [5, 5.41) is 11.3. The van der Waals surface area contributed by atoms with Gasteiger partial charge in [-0.2, -0.15) is 0 Å². The Bertz CT molecular complexity index is 170. The lowest BCUT2D eigenvalue weighted by Gasteiger charge is -2.10. The fourth-order valence-corrected chi connectivity index (χ4v) is 1.04. The van der Waals surface area contributed by atoms with Crippen molar-refractivity contribution in [3.05, 3.63) is 0 Å². The second kappa shape index (κ2) is 7.62. The van der Waals surface area contributed by atoms with Gasteiger partial charge in [-0.15, -0.1) is 0 Å². The SMILES string of the molecule is CC(C)CCCOCC(C)/C(N)=N/O. The second-order valence-electron chi connectivity index (χ2n) is 4.04. The molecular formula is C10H22N2O2. The minimum Gasteiger partial charge on any atom is -0.409 e. The highest BCUT2D eigenvalue weighted by molar-refractivity contribution is 5.81. The third-order valence-electron chi connectivity index (χ3n) is 2.06. The van der Waals surface area contributed by atoms with E-state index in [9.17, 15) is 0 Å². The Morgan fingerprint density at radius 2 is 2.07 bits per heavy atom. The summed E-state index contributed by atoms with van der Waals surface area (Å²) in [5.74, 6) is 0.938. The number of hydrogen-bond acceptors (Lipinski definition) is 3. The molecule has 0 aliphatic rings. The summed E-state index contributed by atoms with van der Waals surface area (Å²) in [4.78, 5) is 0. The number of oxime groups is 1. The molecule has 0 rings (SSSR count). The highest BCUT2D eigenvalue weighted by Crippen LogP contribution is 2.04. The average molecular weight is 202 g/mol. The summed E-state index contributed by atoms with van der Waals surface area (Å²) >= 11 is 0. The van der Waals surface area contributed by atoms with E-state index in [0.717, 1.165) is 18.9 Å². The smallest absolute Gasteiger partial charge is 0.144 e. The lowest BCUT2D eigenvalue weighted by Crippen LogP contribution is -2.25. The van der Waals surface area contributed by atoms with E-state index in [4.69, 9.17) is 15.7 Å². The molecule has 0 heterocycles. The molecular weight excluding hydrogens is 180 g/mol. The van der Waals surface area contributed by atoms with Crippen molar-refractivity contribution >= 4 is 5.84 Å². The molecule has 0 saturated heterocycles. The van der Waals surface area contributed by atoms with Crippen LogP contribution < -0.4 is 5.73 Å². The number of ether oxygens (including phenoxy) is 1. The van der Waals surface area contributed by atoms with Crippen LogP contribution in [0.4, 0.5) is 0 Å². The van der Waals surface area contributed by atoms with E-state index in [1.54, 1.807) is 0 Å². The molecule has 0 aromatic heterocycles. The Kier molecular flexibility index (Phi) is 7.20. The molecule has 14 heavy (non-hydrogen) atoms. The Hall–Kier alpha value is -0.770. The van der Waals surface area contributed by atoms with E-state index < -0.39 is 0 Å². The number of amidine groups is 1. The van der Waals surface area contributed by atoms with Gasteiger partial charge in [0.05, 0.1) is 6.61 Å². The van der Waals surface area contributed by atoms with Gasteiger partial charge < -0.3 is 15.7 Å². The van der Waals surface area contributed by atoms with E-state index in [0.29, 0.717) is 6.61 Å². The first-order valence-corrected chi connectivity index (χ1v) is 5.13. The Morgan fingerprint density at radius 1 is 1.43 bits per heavy atom. The summed E-state index contributed by atoms with van der Waals surface area (Å²) in [6, 6.07) is 0. The molecule has 0 aromatic carbocycles. The normalized spacial score (nSPS) is 14.7. The molecule has 0 radical (unpaired) electrons. The van der Waals surface area contributed by atoms with E-state index >= 15 is 0 Å². The Labute approximate surface area is 86.1 Å². The first kappa shape index (κ1) is 13.2. The maximum atomic E-state index is 8.39. The summed E-state index contributed by atoms with van der Waals surface area (Å²) in [5.41, 5.74) is 5.40. The van der Waals surface area contributed by atoms with Crippen molar-refractivity contribution in [2.24, 2.45) is 22.7 Å². The van der Waals surface area contributed by atoms with Gasteiger partial charge in [-0.25, -0.2) is 0 Å². The van der Waals surface area contributed by atoms with Crippen LogP contribution in [-0.4, -0.2) is 24.3 Å². The van der Waals surface area contributed by atoms with Gasteiger partial charge in [0, 0.05) is 12.5 Å². The molecule has 0 fully saturated rings. The zero-order valence-corrected chi connectivity index (χ0v) is 9.36. The fourth-order valence-electron chi connectivity index (χ4n) is 1.04. The Morgan fingerprint density at radius 3 is 2.57 bits per heavy atom. The van der Waals surface area contributed by atoms with Crippen molar-refractivity contribution in [3.8, 4) is 0 Å². The lowest BCUT2D eigenvalue weighted by molar-refractivity contribution is 0.114. The standard InChI is InChI=1S/C10H22N2O2/c1-8(2)5-4-6-14-7-9(3)10(11)12-13/h8-9,13H,4-7H2,1-3H3,(H2,11,12). The molecule has 3 N–H and O–H groups in total. The van der Waals surface area contributed by atoms with Gasteiger partial charge in [-0.05, 0) is 18.8 Å². The first-order chi connectivity index (χ1) is 6.57. The largest absolute Gasteiger partial charge is 0.409 e. The van der Waals surface area contributed by atoms with E-state index in [-0.39, 0.29) is 11.8 Å². The molecule has 0 amide bonds. The maximum Gasteiger partial charge on any atom is 0.144 e. The van der Waals surface area contributed by atoms with Crippen molar-refractivity contribution in [1.29, 1.82) is 0 Å². The van der Waals surface area contributed by atoms with Crippen molar-refractivity contribution < 1.29 is 9.94 Å². The molecule has 4 nitrogen and oxygen atoms in total. The highest BCUT2D eigenvalue weighted by Gasteiger charge is 2.06. The molecule has 0 bridgehead atoms. The van der Waals surface area contributed by atoms with E-state index in [1.165, 1.54) is 6.42 Å². The molecule has 0 saturated carbocycles. The first-order valence-electron chi connectivity index (χ1n) is 5.13. The van der Waals surface area contributed by atoms with E-state index in [2.05, 4.69) is 19.0 Å². The van der Waals surface area contributed by atoms with Crippen LogP contribution in [0.1, 0.15) is 33.6 Å². The van der Waals surface area contributed by atoms with Crippen LogP contribution >= 0.6 is 0 Å². The van der Waals surface area contributed by atoms with Gasteiger partial charge >= 0.3 is 0 Å². The van der Waals surface area contributed by atoms with Crippen LogP contribution in [-0.2, 0) is 4.74 Å². The number of nitrogens with two attached hydrogens (primary N) is 1. The Balaban J connectivity index is 3.36. The number of nitrogens with zero attached hydrogens (tertiary/aromatic N) is 1. The summed E-state index contributed by atoms with van der Waals surface area (Å²) < 4.78 is 5.40. The van der Waals surface area contributed by atoms with Crippen LogP contribution in [0.25, 0.3) is 0 Å². The molecule has 0 aliphatic heterocycles. The molecule has 84 valence electrons. The van der Waals surface area contributed by atoms with Crippen molar-refractivity contribution in [1.82, 2.24) is 0 Å².